The average molecular weight is 338 g/mol. The van der Waals surface area contributed by atoms with E-state index in [2.05, 4.69) is 0 Å². The molecule has 23 heavy (non-hydrogen) atoms. The minimum atomic E-state index is -1.05. The van der Waals surface area contributed by atoms with Crippen molar-refractivity contribution in [3.05, 3.63) is 35.0 Å². The van der Waals surface area contributed by atoms with E-state index in [-0.39, 0.29) is 18.3 Å². The largest absolute Gasteiger partial charge is 0.480 e. The molecule has 0 saturated carbocycles. The fraction of sp³-hybridized carbons (Fsp3) is 0.375. The molecule has 0 unspecified atom stereocenters. The van der Waals surface area contributed by atoms with Crippen LogP contribution in [0.2, 0.25) is 5.02 Å². The zero-order valence-electron chi connectivity index (χ0n) is 12.3. The highest BCUT2D eigenvalue weighted by molar-refractivity contribution is 6.31. The van der Waals surface area contributed by atoms with Gasteiger partial charge in [-0.2, -0.15) is 0 Å². The Labute approximate surface area is 137 Å². The molecule has 0 aliphatic carbocycles. The lowest BCUT2D eigenvalue weighted by Crippen LogP contribution is -2.45. The van der Waals surface area contributed by atoms with Crippen LogP contribution in [0, 0.1) is 0 Å². The smallest absolute Gasteiger partial charge is 0.323 e. The third kappa shape index (κ3) is 3.48. The van der Waals surface area contributed by atoms with Crippen molar-refractivity contribution in [2.75, 3.05) is 19.8 Å². The van der Waals surface area contributed by atoms with Crippen LogP contribution in [0.15, 0.2) is 28.7 Å². The third-order valence-corrected chi connectivity index (χ3v) is 4.12. The zero-order valence-corrected chi connectivity index (χ0v) is 13.1. The minimum Gasteiger partial charge on any atom is -0.480 e. The number of carboxylic acid groups (broad SMARTS) is 1. The SMILES string of the molecule is O=C(O)CN(C(=O)c1cc2cc(Cl)ccc2o1)C1CCOCC1. The number of carbonyl (C=O) groups is 2. The molecule has 1 amide bonds. The number of carboxylic acids is 1. The van der Waals surface area contributed by atoms with Crippen molar-refractivity contribution in [2.45, 2.75) is 18.9 Å². The third-order valence-electron chi connectivity index (χ3n) is 3.89. The lowest BCUT2D eigenvalue weighted by molar-refractivity contribution is -0.138. The minimum absolute atomic E-state index is 0.120. The highest BCUT2D eigenvalue weighted by Crippen LogP contribution is 2.25. The molecule has 0 spiro atoms. The maximum Gasteiger partial charge on any atom is 0.323 e. The summed E-state index contributed by atoms with van der Waals surface area (Å²) in [6.45, 7) is 0.676. The van der Waals surface area contributed by atoms with Crippen LogP contribution in [0.1, 0.15) is 23.4 Å². The van der Waals surface area contributed by atoms with E-state index in [9.17, 15) is 9.59 Å². The highest BCUT2D eigenvalue weighted by atomic mass is 35.5. The van der Waals surface area contributed by atoms with Crippen LogP contribution in [0.3, 0.4) is 0 Å². The van der Waals surface area contributed by atoms with Gasteiger partial charge in [0.15, 0.2) is 5.76 Å². The van der Waals surface area contributed by atoms with E-state index in [1.165, 1.54) is 4.90 Å². The number of amides is 1. The number of hydrogen-bond donors (Lipinski definition) is 1. The summed E-state index contributed by atoms with van der Waals surface area (Å²) >= 11 is 5.93. The Morgan fingerprint density at radius 1 is 1.26 bits per heavy atom. The predicted octanol–water partition coefficient (Wildman–Crippen LogP) is 2.79. The summed E-state index contributed by atoms with van der Waals surface area (Å²) in [5.41, 5.74) is 0.542. The van der Waals surface area contributed by atoms with Crippen molar-refractivity contribution in [2.24, 2.45) is 0 Å². The lowest BCUT2D eigenvalue weighted by atomic mass is 10.1. The van der Waals surface area contributed by atoms with E-state index in [0.29, 0.717) is 42.0 Å². The normalized spacial score (nSPS) is 15.7. The summed E-state index contributed by atoms with van der Waals surface area (Å²) in [5, 5.41) is 10.4. The number of aliphatic carboxylic acids is 1. The molecule has 0 bridgehead atoms. The number of halogens is 1. The van der Waals surface area contributed by atoms with Crippen molar-refractivity contribution in [1.82, 2.24) is 4.90 Å². The predicted molar refractivity (Wildman–Crippen MR) is 83.7 cm³/mol. The summed E-state index contributed by atoms with van der Waals surface area (Å²) in [4.78, 5) is 25.2. The van der Waals surface area contributed by atoms with Crippen LogP contribution in [0.5, 0.6) is 0 Å². The molecule has 1 saturated heterocycles. The van der Waals surface area contributed by atoms with E-state index in [1.807, 2.05) is 0 Å². The molecule has 3 rings (SSSR count). The molecule has 0 atom stereocenters. The molecule has 2 heterocycles. The van der Waals surface area contributed by atoms with Gasteiger partial charge in [-0.1, -0.05) is 11.6 Å². The van der Waals surface area contributed by atoms with E-state index in [1.54, 1.807) is 24.3 Å². The van der Waals surface area contributed by atoms with Crippen LogP contribution in [-0.2, 0) is 9.53 Å². The Hall–Kier alpha value is -2.05. The molecule has 1 aromatic carbocycles. The summed E-state index contributed by atoms with van der Waals surface area (Å²) in [6.07, 6.45) is 1.23. The van der Waals surface area contributed by atoms with Crippen LogP contribution in [-0.4, -0.2) is 47.7 Å². The number of rotatable bonds is 4. The van der Waals surface area contributed by atoms with Crippen molar-refractivity contribution in [1.29, 1.82) is 0 Å². The number of fused-ring (bicyclic) bond motifs is 1. The van der Waals surface area contributed by atoms with Gasteiger partial charge in [-0.15, -0.1) is 0 Å². The average Bonchev–Trinajstić information content (AvgIpc) is 2.95. The van der Waals surface area contributed by atoms with Gasteiger partial charge in [-0.3, -0.25) is 9.59 Å². The first kappa shape index (κ1) is 15.8. The Kier molecular flexibility index (Phi) is 4.54. The topological polar surface area (TPSA) is 80.0 Å². The second-order valence-electron chi connectivity index (χ2n) is 5.46. The number of ether oxygens (including phenoxy) is 1. The van der Waals surface area contributed by atoms with Crippen molar-refractivity contribution in [3.63, 3.8) is 0 Å². The Balaban J connectivity index is 1.89. The second kappa shape index (κ2) is 6.60. The van der Waals surface area contributed by atoms with Gasteiger partial charge in [0.05, 0.1) is 0 Å². The molecule has 1 fully saturated rings. The van der Waals surface area contributed by atoms with Crippen molar-refractivity contribution in [3.8, 4) is 0 Å². The monoisotopic (exact) mass is 337 g/mol. The van der Waals surface area contributed by atoms with Gasteiger partial charge in [0.1, 0.15) is 12.1 Å². The van der Waals surface area contributed by atoms with Crippen LogP contribution < -0.4 is 0 Å². The van der Waals surface area contributed by atoms with E-state index in [4.69, 9.17) is 25.9 Å². The molecule has 1 N–H and O–H groups in total. The molecule has 2 aromatic rings. The maximum absolute atomic E-state index is 12.7. The zero-order chi connectivity index (χ0) is 16.4. The first-order valence-electron chi connectivity index (χ1n) is 7.34. The number of hydrogen-bond acceptors (Lipinski definition) is 4. The Morgan fingerprint density at radius 2 is 2.00 bits per heavy atom. The van der Waals surface area contributed by atoms with Gasteiger partial charge in [0, 0.05) is 29.7 Å². The van der Waals surface area contributed by atoms with Gasteiger partial charge in [-0.25, -0.2) is 0 Å². The van der Waals surface area contributed by atoms with Crippen molar-refractivity contribution >= 4 is 34.4 Å². The number of benzene rings is 1. The number of nitrogens with zero attached hydrogens (tertiary/aromatic N) is 1. The maximum atomic E-state index is 12.7. The fourth-order valence-electron chi connectivity index (χ4n) is 2.77. The number of furan rings is 1. The van der Waals surface area contributed by atoms with E-state index in [0.717, 1.165) is 0 Å². The second-order valence-corrected chi connectivity index (χ2v) is 5.90. The molecule has 1 aliphatic heterocycles. The summed E-state index contributed by atoms with van der Waals surface area (Å²) < 4.78 is 10.8. The number of carbonyl (C=O) groups excluding carboxylic acids is 1. The first-order chi connectivity index (χ1) is 11.0. The van der Waals surface area contributed by atoms with E-state index < -0.39 is 11.9 Å². The van der Waals surface area contributed by atoms with Gasteiger partial charge in [-0.05, 0) is 37.1 Å². The Morgan fingerprint density at radius 3 is 2.70 bits per heavy atom. The van der Waals surface area contributed by atoms with Crippen LogP contribution >= 0.6 is 11.6 Å². The quantitative estimate of drug-likeness (QED) is 0.928. The lowest BCUT2D eigenvalue weighted by Gasteiger charge is -2.32. The summed E-state index contributed by atoms with van der Waals surface area (Å²) in [6, 6.07) is 6.49. The molecular weight excluding hydrogens is 322 g/mol. The standard InChI is InChI=1S/C16H16ClNO5/c17-11-1-2-13-10(7-11)8-14(23-13)16(21)18(9-15(19)20)12-3-5-22-6-4-12/h1-2,7-8,12H,3-6,9H2,(H,19,20). The van der Waals surface area contributed by atoms with Crippen LogP contribution in [0.25, 0.3) is 11.0 Å². The molecular formula is C16H16ClNO5. The molecule has 7 heteroatoms. The Bertz CT molecular complexity index is 735. The molecule has 1 aliphatic rings. The van der Waals surface area contributed by atoms with Gasteiger partial charge in [0.25, 0.3) is 5.91 Å². The van der Waals surface area contributed by atoms with E-state index >= 15 is 0 Å². The first-order valence-corrected chi connectivity index (χ1v) is 7.72. The van der Waals surface area contributed by atoms with Gasteiger partial charge >= 0.3 is 5.97 Å². The summed E-state index contributed by atoms with van der Waals surface area (Å²) in [7, 11) is 0. The van der Waals surface area contributed by atoms with Crippen molar-refractivity contribution < 1.29 is 23.8 Å². The molecule has 122 valence electrons. The fourth-order valence-corrected chi connectivity index (χ4v) is 2.95. The molecule has 0 radical (unpaired) electrons. The van der Waals surface area contributed by atoms with Gasteiger partial charge in [0.2, 0.25) is 0 Å². The van der Waals surface area contributed by atoms with Gasteiger partial charge < -0.3 is 19.2 Å². The highest BCUT2D eigenvalue weighted by Gasteiger charge is 2.30. The van der Waals surface area contributed by atoms with Crippen LogP contribution in [0.4, 0.5) is 0 Å². The summed E-state index contributed by atoms with van der Waals surface area (Å²) in [5.74, 6) is -1.36. The molecule has 6 nitrogen and oxygen atoms in total. The molecule has 1 aromatic heterocycles.